The minimum atomic E-state index is -2.80. The Morgan fingerprint density at radius 1 is 1.38 bits per heavy atom. The van der Waals surface area contributed by atoms with Crippen molar-refractivity contribution in [1.29, 1.82) is 5.26 Å². The number of nitriles is 1. The quantitative estimate of drug-likeness (QED) is 0.792. The number of nitrogens with zero attached hydrogens (tertiary/aromatic N) is 2. The van der Waals surface area contributed by atoms with Gasteiger partial charge in [0.05, 0.1) is 23.1 Å². The first-order valence-electron chi connectivity index (χ1n) is 7.00. The lowest BCUT2D eigenvalue weighted by Gasteiger charge is -2.20. The lowest BCUT2D eigenvalue weighted by Crippen LogP contribution is -2.30. The van der Waals surface area contributed by atoms with Crippen molar-refractivity contribution in [3.05, 3.63) is 29.8 Å². The number of benzene rings is 1. The van der Waals surface area contributed by atoms with E-state index >= 15 is 0 Å². The molecule has 1 fully saturated rings. The summed E-state index contributed by atoms with van der Waals surface area (Å²) >= 11 is 0. The molecule has 114 valence electrons. The highest BCUT2D eigenvalue weighted by molar-refractivity contribution is 7.91. The molecule has 2 rings (SSSR count). The molecule has 0 amide bonds. The largest absolute Gasteiger partial charge is 0.492 e. The summed E-state index contributed by atoms with van der Waals surface area (Å²) in [6.45, 7) is 2.08. The molecule has 0 aliphatic carbocycles. The van der Waals surface area contributed by atoms with Crippen molar-refractivity contribution in [2.75, 3.05) is 38.2 Å². The molecule has 1 aromatic rings. The second kappa shape index (κ2) is 6.92. The van der Waals surface area contributed by atoms with Crippen LogP contribution in [-0.2, 0) is 9.84 Å². The third-order valence-electron chi connectivity index (χ3n) is 3.62. The predicted octanol–water partition coefficient (Wildman–Crippen LogP) is 1.30. The zero-order valence-electron chi connectivity index (χ0n) is 12.2. The van der Waals surface area contributed by atoms with Crippen molar-refractivity contribution in [3.63, 3.8) is 0 Å². The molecule has 1 saturated heterocycles. The van der Waals surface area contributed by atoms with E-state index in [0.29, 0.717) is 23.7 Å². The number of rotatable bonds is 6. The topological polar surface area (TPSA) is 70.4 Å². The fourth-order valence-electron chi connectivity index (χ4n) is 2.49. The summed E-state index contributed by atoms with van der Waals surface area (Å²) in [6, 6.07) is 9.07. The first kappa shape index (κ1) is 15.8. The molecule has 5 nitrogen and oxygen atoms in total. The Kier molecular flexibility index (Phi) is 5.21. The van der Waals surface area contributed by atoms with E-state index in [4.69, 9.17) is 10.00 Å². The Labute approximate surface area is 126 Å². The number of ether oxygens (including phenoxy) is 1. The molecule has 0 unspecified atom stereocenters. The van der Waals surface area contributed by atoms with Crippen LogP contribution >= 0.6 is 0 Å². The summed E-state index contributed by atoms with van der Waals surface area (Å²) in [6.07, 6.45) is 0.767. The van der Waals surface area contributed by atoms with Crippen LogP contribution in [0, 0.1) is 17.2 Å². The van der Waals surface area contributed by atoms with Gasteiger partial charge in [-0.1, -0.05) is 0 Å². The van der Waals surface area contributed by atoms with Gasteiger partial charge in [0.15, 0.2) is 9.84 Å². The zero-order valence-corrected chi connectivity index (χ0v) is 13.0. The first-order chi connectivity index (χ1) is 9.98. The summed E-state index contributed by atoms with van der Waals surface area (Å²) in [7, 11) is -0.816. The summed E-state index contributed by atoms with van der Waals surface area (Å²) in [4.78, 5) is 2.11. The average Bonchev–Trinajstić information content (AvgIpc) is 2.78. The fourth-order valence-corrected chi connectivity index (χ4v) is 4.34. The molecule has 1 aliphatic rings. The van der Waals surface area contributed by atoms with Gasteiger partial charge in [0, 0.05) is 13.1 Å². The molecule has 1 atom stereocenters. The molecule has 0 bridgehead atoms. The van der Waals surface area contributed by atoms with E-state index in [1.165, 1.54) is 0 Å². The third-order valence-corrected chi connectivity index (χ3v) is 5.46. The van der Waals surface area contributed by atoms with E-state index in [9.17, 15) is 8.42 Å². The smallest absolute Gasteiger partial charge is 0.150 e. The zero-order chi connectivity index (χ0) is 15.3. The third kappa shape index (κ3) is 5.03. The molecule has 6 heteroatoms. The van der Waals surface area contributed by atoms with E-state index < -0.39 is 9.84 Å². The van der Waals surface area contributed by atoms with Crippen molar-refractivity contribution in [2.24, 2.45) is 5.92 Å². The van der Waals surface area contributed by atoms with Gasteiger partial charge >= 0.3 is 0 Å². The van der Waals surface area contributed by atoms with Gasteiger partial charge in [0.25, 0.3) is 0 Å². The standard InChI is InChI=1S/C15H20N2O3S/c1-17(11-14-6-9-21(18,19)12-14)7-8-20-15-4-2-13(10-16)3-5-15/h2-5,14H,6-9,11-12H2,1H3/t14-/m0/s1. The Morgan fingerprint density at radius 3 is 2.67 bits per heavy atom. The fraction of sp³-hybridized carbons (Fsp3) is 0.533. The van der Waals surface area contributed by atoms with E-state index in [1.54, 1.807) is 24.3 Å². The van der Waals surface area contributed by atoms with E-state index in [2.05, 4.69) is 11.0 Å². The van der Waals surface area contributed by atoms with Gasteiger partial charge in [-0.3, -0.25) is 0 Å². The van der Waals surface area contributed by atoms with Crippen molar-refractivity contribution < 1.29 is 13.2 Å². The maximum atomic E-state index is 11.4. The van der Waals surface area contributed by atoms with Crippen LogP contribution in [0.3, 0.4) is 0 Å². The summed E-state index contributed by atoms with van der Waals surface area (Å²) < 4.78 is 28.4. The molecule has 0 saturated carbocycles. The van der Waals surface area contributed by atoms with Crippen LogP contribution in [0.4, 0.5) is 0 Å². The molecule has 1 aliphatic heterocycles. The second-order valence-electron chi connectivity index (χ2n) is 5.52. The Hall–Kier alpha value is -1.58. The van der Waals surface area contributed by atoms with Crippen molar-refractivity contribution in [2.45, 2.75) is 6.42 Å². The number of hydrogen-bond acceptors (Lipinski definition) is 5. The Morgan fingerprint density at radius 2 is 2.10 bits per heavy atom. The minimum Gasteiger partial charge on any atom is -0.492 e. The highest BCUT2D eigenvalue weighted by Crippen LogP contribution is 2.19. The maximum absolute atomic E-state index is 11.4. The molecule has 0 aromatic heterocycles. The van der Waals surface area contributed by atoms with Gasteiger partial charge in [-0.2, -0.15) is 5.26 Å². The number of likely N-dealkylation sites (N-methyl/N-ethyl adjacent to an activating group) is 1. The van der Waals surface area contributed by atoms with Crippen LogP contribution in [-0.4, -0.2) is 51.6 Å². The van der Waals surface area contributed by atoms with Gasteiger partial charge in [0.2, 0.25) is 0 Å². The molecular weight excluding hydrogens is 288 g/mol. The summed E-state index contributed by atoms with van der Waals surface area (Å²) in [5.74, 6) is 1.63. The predicted molar refractivity (Wildman–Crippen MR) is 80.9 cm³/mol. The SMILES string of the molecule is CN(CCOc1ccc(C#N)cc1)C[C@@H]1CCS(=O)(=O)C1. The van der Waals surface area contributed by atoms with E-state index in [0.717, 1.165) is 25.3 Å². The maximum Gasteiger partial charge on any atom is 0.150 e. The highest BCUT2D eigenvalue weighted by atomic mass is 32.2. The van der Waals surface area contributed by atoms with Crippen LogP contribution in [0.15, 0.2) is 24.3 Å². The van der Waals surface area contributed by atoms with Crippen LogP contribution in [0.2, 0.25) is 0 Å². The van der Waals surface area contributed by atoms with Crippen molar-refractivity contribution in [3.8, 4) is 11.8 Å². The number of hydrogen-bond donors (Lipinski definition) is 0. The van der Waals surface area contributed by atoms with Crippen LogP contribution < -0.4 is 4.74 Å². The van der Waals surface area contributed by atoms with Gasteiger partial charge in [0.1, 0.15) is 12.4 Å². The average molecular weight is 308 g/mol. The van der Waals surface area contributed by atoms with Crippen LogP contribution in [0.5, 0.6) is 5.75 Å². The van der Waals surface area contributed by atoms with Gasteiger partial charge in [-0.15, -0.1) is 0 Å². The normalized spacial score (nSPS) is 20.3. The Bertz CT molecular complexity index is 605. The molecule has 0 spiro atoms. The molecule has 0 N–H and O–H groups in total. The van der Waals surface area contributed by atoms with E-state index in [-0.39, 0.29) is 5.92 Å². The summed E-state index contributed by atoms with van der Waals surface area (Å²) in [5.41, 5.74) is 0.613. The summed E-state index contributed by atoms with van der Waals surface area (Å²) in [5, 5.41) is 8.71. The Balaban J connectivity index is 1.69. The highest BCUT2D eigenvalue weighted by Gasteiger charge is 2.28. The molecule has 0 radical (unpaired) electrons. The van der Waals surface area contributed by atoms with Gasteiger partial charge in [-0.25, -0.2) is 8.42 Å². The van der Waals surface area contributed by atoms with E-state index in [1.807, 2.05) is 7.05 Å². The number of sulfone groups is 1. The monoisotopic (exact) mass is 308 g/mol. The first-order valence-corrected chi connectivity index (χ1v) is 8.82. The van der Waals surface area contributed by atoms with Crippen LogP contribution in [0.1, 0.15) is 12.0 Å². The molecule has 21 heavy (non-hydrogen) atoms. The molecule has 1 heterocycles. The van der Waals surface area contributed by atoms with Crippen molar-refractivity contribution >= 4 is 9.84 Å². The molecular formula is C15H20N2O3S. The van der Waals surface area contributed by atoms with Crippen molar-refractivity contribution in [1.82, 2.24) is 4.90 Å². The minimum absolute atomic E-state index is 0.245. The second-order valence-corrected chi connectivity index (χ2v) is 7.74. The van der Waals surface area contributed by atoms with Gasteiger partial charge in [-0.05, 0) is 43.7 Å². The van der Waals surface area contributed by atoms with Crippen LogP contribution in [0.25, 0.3) is 0 Å². The van der Waals surface area contributed by atoms with Gasteiger partial charge < -0.3 is 9.64 Å². The lowest BCUT2D eigenvalue weighted by molar-refractivity contribution is 0.220. The molecule has 1 aromatic carbocycles. The lowest BCUT2D eigenvalue weighted by atomic mass is 10.1.